The maximum atomic E-state index is 13.1. The topological polar surface area (TPSA) is 78.0 Å². The first-order chi connectivity index (χ1) is 17.2. The first-order valence-electron chi connectivity index (χ1n) is 11.3. The minimum atomic E-state index is -0.250. The molecule has 7 nitrogen and oxygen atoms in total. The van der Waals surface area contributed by atoms with E-state index in [9.17, 15) is 4.79 Å². The van der Waals surface area contributed by atoms with Gasteiger partial charge in [-0.15, -0.1) is 0 Å². The van der Waals surface area contributed by atoms with Gasteiger partial charge in [-0.25, -0.2) is 4.98 Å². The van der Waals surface area contributed by atoms with Gasteiger partial charge in [-0.3, -0.25) is 4.79 Å². The van der Waals surface area contributed by atoms with Crippen LogP contribution in [0.25, 0.3) is 5.65 Å². The molecule has 1 N–H and O–H groups in total. The second-order valence-electron chi connectivity index (χ2n) is 8.17. The van der Waals surface area contributed by atoms with Gasteiger partial charge < -0.3 is 23.6 Å². The molecule has 0 aliphatic rings. The highest BCUT2D eigenvalue weighted by atomic mass is 16.5. The summed E-state index contributed by atoms with van der Waals surface area (Å²) in [6.45, 7) is 3.07. The van der Waals surface area contributed by atoms with Gasteiger partial charge >= 0.3 is 0 Å². The van der Waals surface area contributed by atoms with Gasteiger partial charge in [0.05, 0.1) is 24.1 Å². The summed E-state index contributed by atoms with van der Waals surface area (Å²) in [4.78, 5) is 17.7. The van der Waals surface area contributed by atoms with Gasteiger partial charge in [0, 0.05) is 18.1 Å². The van der Waals surface area contributed by atoms with Gasteiger partial charge in [-0.2, -0.15) is 0 Å². The first kappa shape index (κ1) is 22.4. The smallest absolute Gasteiger partial charge is 0.259 e. The fourth-order valence-corrected chi connectivity index (χ4v) is 3.81. The number of aromatic nitrogens is 2. The third kappa shape index (κ3) is 5.42. The van der Waals surface area contributed by atoms with E-state index >= 15 is 0 Å². The van der Waals surface area contributed by atoms with Gasteiger partial charge in [0.15, 0.2) is 0 Å². The molecule has 3 heterocycles. The van der Waals surface area contributed by atoms with Crippen molar-refractivity contribution in [3.8, 4) is 5.75 Å². The fraction of sp³-hybridized carbons (Fsp3) is 0.143. The number of hydrogen-bond acceptors (Lipinski definition) is 5. The van der Waals surface area contributed by atoms with E-state index in [-0.39, 0.29) is 12.5 Å². The van der Waals surface area contributed by atoms with E-state index < -0.39 is 0 Å². The average molecular weight is 468 g/mol. The molecule has 7 heteroatoms. The first-order valence-corrected chi connectivity index (χ1v) is 11.3. The highest BCUT2D eigenvalue weighted by molar-refractivity contribution is 6.06. The number of benzene rings is 2. The Morgan fingerprint density at radius 1 is 1.00 bits per heavy atom. The predicted molar refractivity (Wildman–Crippen MR) is 132 cm³/mol. The van der Waals surface area contributed by atoms with Crippen molar-refractivity contribution < 1.29 is 18.7 Å². The van der Waals surface area contributed by atoms with Gasteiger partial charge in [-0.05, 0) is 60.5 Å². The van der Waals surface area contributed by atoms with Crippen LogP contribution in [-0.2, 0) is 24.6 Å². The highest BCUT2D eigenvalue weighted by Gasteiger charge is 2.14. The summed E-state index contributed by atoms with van der Waals surface area (Å²) >= 11 is 0. The van der Waals surface area contributed by atoms with Gasteiger partial charge in [0.1, 0.15) is 30.4 Å². The zero-order valence-corrected chi connectivity index (χ0v) is 19.3. The van der Waals surface area contributed by atoms with Crippen molar-refractivity contribution in [2.75, 3.05) is 5.32 Å². The van der Waals surface area contributed by atoms with Crippen LogP contribution in [0.5, 0.6) is 5.75 Å². The number of para-hydroxylation sites is 1. The molecule has 0 saturated heterocycles. The Bertz CT molecular complexity index is 1440. The van der Waals surface area contributed by atoms with Crippen LogP contribution in [0.1, 0.15) is 32.9 Å². The van der Waals surface area contributed by atoms with Gasteiger partial charge in [0.2, 0.25) is 0 Å². The molecule has 35 heavy (non-hydrogen) atoms. The number of furan rings is 1. The third-order valence-electron chi connectivity index (χ3n) is 5.51. The summed E-state index contributed by atoms with van der Waals surface area (Å²) in [6.07, 6.45) is 5.51. The number of pyridine rings is 1. The molecule has 2 aromatic carbocycles. The number of nitrogens with zero attached hydrogens (tertiary/aromatic N) is 2. The number of rotatable bonds is 9. The molecular weight excluding hydrogens is 442 g/mol. The maximum absolute atomic E-state index is 13.1. The number of anilines is 1. The molecule has 176 valence electrons. The second-order valence-corrected chi connectivity index (χ2v) is 8.17. The van der Waals surface area contributed by atoms with E-state index in [1.165, 1.54) is 0 Å². The van der Waals surface area contributed by atoms with Crippen LogP contribution in [0.2, 0.25) is 0 Å². The lowest BCUT2D eigenvalue weighted by Crippen LogP contribution is -2.14. The highest BCUT2D eigenvalue weighted by Crippen LogP contribution is 2.22. The van der Waals surface area contributed by atoms with Crippen molar-refractivity contribution in [3.63, 3.8) is 0 Å². The predicted octanol–water partition coefficient (Wildman–Crippen LogP) is 5.78. The molecule has 5 aromatic rings. The van der Waals surface area contributed by atoms with E-state index in [4.69, 9.17) is 13.9 Å². The summed E-state index contributed by atoms with van der Waals surface area (Å²) in [7, 11) is 0. The van der Waals surface area contributed by atoms with Crippen molar-refractivity contribution in [2.24, 2.45) is 0 Å². The molecule has 0 unspecified atom stereocenters. The zero-order valence-electron chi connectivity index (χ0n) is 19.3. The number of nitrogens with one attached hydrogen (secondary N) is 1. The maximum Gasteiger partial charge on any atom is 0.259 e. The zero-order chi connectivity index (χ0) is 24.0. The number of carbonyl (C=O) groups excluding carboxylic acids is 1. The summed E-state index contributed by atoms with van der Waals surface area (Å²) < 4.78 is 18.9. The van der Waals surface area contributed by atoms with Crippen molar-refractivity contribution in [3.05, 3.63) is 120 Å². The number of hydrogen-bond donors (Lipinski definition) is 1. The van der Waals surface area contributed by atoms with Gasteiger partial charge in [-0.1, -0.05) is 30.3 Å². The van der Waals surface area contributed by atoms with E-state index in [2.05, 4.69) is 10.3 Å². The average Bonchev–Trinajstić information content (AvgIpc) is 3.54. The minimum absolute atomic E-state index is 0.250. The van der Waals surface area contributed by atoms with Crippen LogP contribution >= 0.6 is 0 Å². The van der Waals surface area contributed by atoms with Crippen LogP contribution in [0, 0.1) is 6.92 Å². The Morgan fingerprint density at radius 3 is 2.77 bits per heavy atom. The standard InChI is InChI=1S/C28H25N3O4/c1-20-7-5-13-31-16-23(29-27(20)31)18-35-26-12-3-2-11-25(26)28(32)30-22-9-4-8-21(15-22)17-33-19-24-10-6-14-34-24/h2-16H,17-19H2,1H3,(H,30,32). The number of carbonyl (C=O) groups is 1. The van der Waals surface area contributed by atoms with E-state index in [1.54, 1.807) is 18.4 Å². The number of ether oxygens (including phenoxy) is 2. The monoisotopic (exact) mass is 467 g/mol. The molecular formula is C28H25N3O4. The normalized spacial score (nSPS) is 11.0. The van der Waals surface area contributed by atoms with Crippen LogP contribution in [0.3, 0.4) is 0 Å². The lowest BCUT2D eigenvalue weighted by Gasteiger charge is -2.12. The minimum Gasteiger partial charge on any atom is -0.486 e. The molecule has 0 saturated carbocycles. The van der Waals surface area contributed by atoms with E-state index in [0.717, 1.165) is 28.2 Å². The van der Waals surface area contributed by atoms with Crippen molar-refractivity contribution >= 4 is 17.2 Å². The van der Waals surface area contributed by atoms with E-state index in [1.807, 2.05) is 84.4 Å². The summed E-state index contributed by atoms with van der Waals surface area (Å²) in [5.74, 6) is 1.02. The van der Waals surface area contributed by atoms with Crippen LogP contribution in [-0.4, -0.2) is 15.3 Å². The van der Waals surface area contributed by atoms with Gasteiger partial charge in [0.25, 0.3) is 5.91 Å². The number of fused-ring (bicyclic) bond motifs is 1. The molecule has 0 aliphatic carbocycles. The van der Waals surface area contributed by atoms with E-state index in [0.29, 0.717) is 30.2 Å². The lowest BCUT2D eigenvalue weighted by molar-refractivity contribution is 0.0929. The Morgan fingerprint density at radius 2 is 1.91 bits per heavy atom. The SMILES string of the molecule is Cc1cccn2cc(COc3ccccc3C(=O)Nc3cccc(COCc4ccco4)c3)nc12. The summed E-state index contributed by atoms with van der Waals surface area (Å²) in [5.41, 5.74) is 4.85. The molecule has 5 rings (SSSR count). The Labute approximate surface area is 202 Å². The van der Waals surface area contributed by atoms with Crippen molar-refractivity contribution in [2.45, 2.75) is 26.7 Å². The van der Waals surface area contributed by atoms with Crippen molar-refractivity contribution in [1.82, 2.24) is 9.38 Å². The molecule has 0 spiro atoms. The van der Waals surface area contributed by atoms with Crippen LogP contribution in [0.4, 0.5) is 5.69 Å². The molecule has 0 radical (unpaired) electrons. The third-order valence-corrected chi connectivity index (χ3v) is 5.51. The van der Waals surface area contributed by atoms with Crippen LogP contribution < -0.4 is 10.1 Å². The molecule has 0 bridgehead atoms. The lowest BCUT2D eigenvalue weighted by atomic mass is 10.1. The summed E-state index contributed by atoms with van der Waals surface area (Å²) in [6, 6.07) is 22.5. The van der Waals surface area contributed by atoms with Crippen LogP contribution in [0.15, 0.2) is 95.9 Å². The number of imidazole rings is 1. The molecule has 0 fully saturated rings. The molecule has 0 aliphatic heterocycles. The largest absolute Gasteiger partial charge is 0.486 e. The fourth-order valence-electron chi connectivity index (χ4n) is 3.81. The number of aryl methyl sites for hydroxylation is 1. The molecule has 1 amide bonds. The van der Waals surface area contributed by atoms with Crippen molar-refractivity contribution in [1.29, 1.82) is 0 Å². The summed E-state index contributed by atoms with van der Waals surface area (Å²) in [5, 5.41) is 2.96. The Balaban J connectivity index is 1.23. The Hall–Kier alpha value is -4.36. The second kappa shape index (κ2) is 10.3. The molecule has 0 atom stereocenters. The quantitative estimate of drug-likeness (QED) is 0.297. The number of amides is 1. The Kier molecular flexibility index (Phi) is 6.59. The molecule has 3 aromatic heterocycles.